The Labute approximate surface area is 121 Å². The molecule has 0 unspecified atom stereocenters. The maximum absolute atomic E-state index is 11.6. The topological polar surface area (TPSA) is 73.5 Å². The van der Waals surface area contributed by atoms with Crippen molar-refractivity contribution in [2.24, 2.45) is 0 Å². The van der Waals surface area contributed by atoms with Crippen molar-refractivity contribution in [1.82, 2.24) is 20.9 Å². The molecular weight excluding hydrogens is 256 g/mol. The molecule has 0 aromatic carbocycles. The van der Waals surface area contributed by atoms with Gasteiger partial charge in [-0.1, -0.05) is 19.3 Å². The van der Waals surface area contributed by atoms with Gasteiger partial charge in [-0.2, -0.15) is 0 Å². The van der Waals surface area contributed by atoms with Gasteiger partial charge in [-0.05, 0) is 39.9 Å². The van der Waals surface area contributed by atoms with E-state index in [4.69, 9.17) is 0 Å². The van der Waals surface area contributed by atoms with E-state index in [1.54, 1.807) is 0 Å². The lowest BCUT2D eigenvalue weighted by molar-refractivity contribution is -0.120. The number of carbonyl (C=O) groups is 2. The first kappa shape index (κ1) is 16.8. The fourth-order valence-electron chi connectivity index (χ4n) is 2.33. The van der Waals surface area contributed by atoms with Crippen LogP contribution in [-0.4, -0.2) is 56.6 Å². The number of rotatable bonds is 7. The highest BCUT2D eigenvalue weighted by atomic mass is 16.2. The van der Waals surface area contributed by atoms with E-state index < -0.39 is 0 Å². The minimum absolute atomic E-state index is 0.0422. The van der Waals surface area contributed by atoms with E-state index in [1.165, 1.54) is 19.3 Å². The molecule has 1 rings (SSSR count). The smallest absolute Gasteiger partial charge is 0.315 e. The molecule has 0 bridgehead atoms. The van der Waals surface area contributed by atoms with E-state index in [0.29, 0.717) is 6.54 Å². The van der Waals surface area contributed by atoms with E-state index in [-0.39, 0.29) is 24.5 Å². The molecule has 20 heavy (non-hydrogen) atoms. The van der Waals surface area contributed by atoms with Crippen molar-refractivity contribution in [1.29, 1.82) is 0 Å². The summed E-state index contributed by atoms with van der Waals surface area (Å²) in [5.41, 5.74) is 0. The molecule has 116 valence electrons. The fourth-order valence-corrected chi connectivity index (χ4v) is 2.33. The van der Waals surface area contributed by atoms with Gasteiger partial charge in [0, 0.05) is 12.6 Å². The summed E-state index contributed by atoms with van der Waals surface area (Å²) < 4.78 is 0. The lowest BCUT2D eigenvalue weighted by atomic mass is 9.96. The highest BCUT2D eigenvalue weighted by Gasteiger charge is 2.15. The van der Waals surface area contributed by atoms with Gasteiger partial charge in [0.1, 0.15) is 0 Å². The second-order valence-corrected chi connectivity index (χ2v) is 5.67. The number of nitrogens with zero attached hydrogens (tertiary/aromatic N) is 1. The van der Waals surface area contributed by atoms with Crippen molar-refractivity contribution in [2.75, 3.05) is 33.7 Å². The minimum atomic E-state index is -0.236. The highest BCUT2D eigenvalue weighted by molar-refractivity contribution is 5.83. The Balaban J connectivity index is 2.03. The first-order chi connectivity index (χ1) is 9.58. The highest BCUT2D eigenvalue weighted by Crippen LogP contribution is 2.16. The van der Waals surface area contributed by atoms with Gasteiger partial charge < -0.3 is 20.9 Å². The molecule has 3 amide bonds. The molecule has 0 heterocycles. The molecule has 0 radical (unpaired) electrons. The number of amides is 3. The fraction of sp³-hybridized carbons (Fsp3) is 0.857. The van der Waals surface area contributed by atoms with Crippen molar-refractivity contribution < 1.29 is 9.59 Å². The van der Waals surface area contributed by atoms with Gasteiger partial charge in [0.2, 0.25) is 5.91 Å². The third-order valence-corrected chi connectivity index (χ3v) is 3.45. The SMILES string of the molecule is CN(C)CCCNC(=O)CNC(=O)NC1CCCCC1. The summed E-state index contributed by atoms with van der Waals surface area (Å²) in [6.07, 6.45) is 6.62. The third-order valence-electron chi connectivity index (χ3n) is 3.45. The van der Waals surface area contributed by atoms with Crippen molar-refractivity contribution in [3.05, 3.63) is 0 Å². The first-order valence-electron chi connectivity index (χ1n) is 7.53. The van der Waals surface area contributed by atoms with Gasteiger partial charge >= 0.3 is 6.03 Å². The molecular formula is C14H28N4O2. The van der Waals surface area contributed by atoms with E-state index >= 15 is 0 Å². The molecule has 0 aliphatic heterocycles. The van der Waals surface area contributed by atoms with Crippen LogP contribution in [0.25, 0.3) is 0 Å². The zero-order valence-electron chi connectivity index (χ0n) is 12.7. The Morgan fingerprint density at radius 3 is 2.45 bits per heavy atom. The molecule has 6 heteroatoms. The molecule has 0 atom stereocenters. The minimum Gasteiger partial charge on any atom is -0.355 e. The normalized spacial score (nSPS) is 15.9. The molecule has 1 aliphatic carbocycles. The van der Waals surface area contributed by atoms with Crippen LogP contribution in [0.5, 0.6) is 0 Å². The zero-order valence-corrected chi connectivity index (χ0v) is 12.7. The average molecular weight is 284 g/mol. The Kier molecular flexibility index (Phi) is 8.02. The zero-order chi connectivity index (χ0) is 14.8. The van der Waals surface area contributed by atoms with Crippen LogP contribution in [0, 0.1) is 0 Å². The molecule has 1 saturated carbocycles. The number of nitrogens with one attached hydrogen (secondary N) is 3. The van der Waals surface area contributed by atoms with E-state index in [0.717, 1.165) is 25.8 Å². The predicted molar refractivity (Wildman–Crippen MR) is 79.6 cm³/mol. The van der Waals surface area contributed by atoms with Crippen LogP contribution in [0.1, 0.15) is 38.5 Å². The molecule has 3 N–H and O–H groups in total. The van der Waals surface area contributed by atoms with Crippen LogP contribution < -0.4 is 16.0 Å². The largest absolute Gasteiger partial charge is 0.355 e. The van der Waals surface area contributed by atoms with Crippen LogP contribution >= 0.6 is 0 Å². The van der Waals surface area contributed by atoms with Gasteiger partial charge in [0.05, 0.1) is 6.54 Å². The number of hydrogen-bond donors (Lipinski definition) is 3. The maximum Gasteiger partial charge on any atom is 0.315 e. The molecule has 1 fully saturated rings. The molecule has 1 aliphatic rings. The van der Waals surface area contributed by atoms with Crippen molar-refractivity contribution >= 4 is 11.9 Å². The van der Waals surface area contributed by atoms with Crippen LogP contribution in [-0.2, 0) is 4.79 Å². The van der Waals surface area contributed by atoms with Crippen LogP contribution in [0.3, 0.4) is 0 Å². The molecule has 0 aromatic heterocycles. The summed E-state index contributed by atoms with van der Waals surface area (Å²) in [5, 5.41) is 8.32. The molecule has 6 nitrogen and oxygen atoms in total. The average Bonchev–Trinajstić information content (AvgIpc) is 2.42. The van der Waals surface area contributed by atoms with Crippen molar-refractivity contribution in [3.8, 4) is 0 Å². The maximum atomic E-state index is 11.6. The molecule has 0 spiro atoms. The second-order valence-electron chi connectivity index (χ2n) is 5.67. The quantitative estimate of drug-likeness (QED) is 0.602. The van der Waals surface area contributed by atoms with Gasteiger partial charge in [-0.15, -0.1) is 0 Å². The lowest BCUT2D eigenvalue weighted by Gasteiger charge is -2.22. The number of carbonyl (C=O) groups excluding carboxylic acids is 2. The van der Waals surface area contributed by atoms with E-state index in [2.05, 4.69) is 20.9 Å². The Bertz CT molecular complexity index is 302. The van der Waals surface area contributed by atoms with Gasteiger partial charge in [-0.3, -0.25) is 4.79 Å². The summed E-state index contributed by atoms with van der Waals surface area (Å²) in [6, 6.07) is 0.0345. The van der Waals surface area contributed by atoms with Crippen molar-refractivity contribution in [3.63, 3.8) is 0 Å². The number of urea groups is 1. The summed E-state index contributed by atoms with van der Waals surface area (Å²) >= 11 is 0. The van der Waals surface area contributed by atoms with Crippen molar-refractivity contribution in [2.45, 2.75) is 44.6 Å². The van der Waals surface area contributed by atoms with Gasteiger partial charge in [0.25, 0.3) is 0 Å². The predicted octanol–water partition coefficient (Wildman–Crippen LogP) is 0.686. The summed E-state index contributed by atoms with van der Waals surface area (Å²) in [7, 11) is 4.00. The van der Waals surface area contributed by atoms with E-state index in [9.17, 15) is 9.59 Å². The first-order valence-corrected chi connectivity index (χ1v) is 7.53. The molecule has 0 aromatic rings. The number of hydrogen-bond acceptors (Lipinski definition) is 3. The Morgan fingerprint density at radius 1 is 1.10 bits per heavy atom. The summed E-state index contributed by atoms with van der Waals surface area (Å²) in [6.45, 7) is 1.62. The van der Waals surface area contributed by atoms with Crippen LogP contribution in [0.2, 0.25) is 0 Å². The second kappa shape index (κ2) is 9.58. The monoisotopic (exact) mass is 284 g/mol. The third kappa shape index (κ3) is 7.99. The van der Waals surface area contributed by atoms with Crippen LogP contribution in [0.15, 0.2) is 0 Å². The van der Waals surface area contributed by atoms with Crippen LogP contribution in [0.4, 0.5) is 4.79 Å². The van der Waals surface area contributed by atoms with Gasteiger partial charge in [-0.25, -0.2) is 4.79 Å². The standard InChI is InChI=1S/C14H28N4O2/c1-18(2)10-6-9-15-13(19)11-16-14(20)17-12-7-4-3-5-8-12/h12H,3-11H2,1-2H3,(H,15,19)(H2,16,17,20). The Morgan fingerprint density at radius 2 is 1.80 bits per heavy atom. The molecule has 0 saturated heterocycles. The lowest BCUT2D eigenvalue weighted by Crippen LogP contribution is -2.46. The Hall–Kier alpha value is -1.30. The summed E-state index contributed by atoms with van der Waals surface area (Å²) in [4.78, 5) is 25.2. The summed E-state index contributed by atoms with van der Waals surface area (Å²) in [5.74, 6) is -0.137. The van der Waals surface area contributed by atoms with Gasteiger partial charge in [0.15, 0.2) is 0 Å². The van der Waals surface area contributed by atoms with E-state index in [1.807, 2.05) is 14.1 Å².